The molecule has 4 rings (SSSR count). The Hall–Kier alpha value is -1.66. The topological polar surface area (TPSA) is 63.1 Å². The lowest BCUT2D eigenvalue weighted by atomic mass is 9.63. The fourth-order valence-corrected chi connectivity index (χ4v) is 4.75. The van der Waals surface area contributed by atoms with Gasteiger partial charge in [-0.3, -0.25) is 0 Å². The Morgan fingerprint density at radius 1 is 1.29 bits per heavy atom. The van der Waals surface area contributed by atoms with Crippen LogP contribution in [0.4, 0.5) is 9.18 Å². The molecule has 2 saturated carbocycles. The van der Waals surface area contributed by atoms with E-state index < -0.39 is 6.17 Å². The van der Waals surface area contributed by atoms with Gasteiger partial charge in [-0.05, 0) is 43.4 Å². The van der Waals surface area contributed by atoms with Crippen molar-refractivity contribution < 1.29 is 9.18 Å². The van der Waals surface area contributed by atoms with E-state index in [1.807, 2.05) is 9.47 Å². The average molecular weight is 335 g/mol. The van der Waals surface area contributed by atoms with Crippen LogP contribution in [0.2, 0.25) is 0 Å². The first-order valence-electron chi connectivity index (χ1n) is 9.14. The molecule has 2 heterocycles. The second kappa shape index (κ2) is 6.33. The zero-order chi connectivity index (χ0) is 16.6. The highest BCUT2D eigenvalue weighted by Gasteiger charge is 2.51. The van der Waals surface area contributed by atoms with Crippen molar-refractivity contribution in [2.75, 3.05) is 19.6 Å². The third-order valence-electron chi connectivity index (χ3n) is 6.37. The lowest BCUT2D eigenvalue weighted by Gasteiger charge is -2.42. The predicted octanol–water partition coefficient (Wildman–Crippen LogP) is 2.23. The van der Waals surface area contributed by atoms with Crippen LogP contribution >= 0.6 is 0 Å². The first-order chi connectivity index (χ1) is 11.6. The minimum absolute atomic E-state index is 0.0230. The van der Waals surface area contributed by atoms with Crippen molar-refractivity contribution in [2.24, 2.45) is 17.3 Å². The van der Waals surface area contributed by atoms with Crippen LogP contribution in [0.1, 0.15) is 38.5 Å². The Morgan fingerprint density at radius 2 is 2.08 bits per heavy atom. The minimum Gasteiger partial charge on any atom is -0.338 e. The first kappa shape index (κ1) is 15.8. The summed E-state index contributed by atoms with van der Waals surface area (Å²) in [7, 11) is 0. The van der Waals surface area contributed by atoms with Crippen molar-refractivity contribution in [3.8, 4) is 0 Å². The molecule has 1 aromatic heterocycles. The van der Waals surface area contributed by atoms with E-state index in [2.05, 4.69) is 15.5 Å². The van der Waals surface area contributed by atoms with Gasteiger partial charge >= 0.3 is 6.03 Å². The smallest absolute Gasteiger partial charge is 0.317 e. The summed E-state index contributed by atoms with van der Waals surface area (Å²) in [4.78, 5) is 14.5. The number of alkyl halides is 1. The lowest BCUT2D eigenvalue weighted by molar-refractivity contribution is 0.0825. The molecule has 3 atom stereocenters. The van der Waals surface area contributed by atoms with Crippen LogP contribution in [0.15, 0.2) is 12.7 Å². The quantitative estimate of drug-likeness (QED) is 0.918. The second-order valence-electron chi connectivity index (χ2n) is 7.91. The highest BCUT2D eigenvalue weighted by atomic mass is 19.1. The molecule has 3 fully saturated rings. The maximum absolute atomic E-state index is 13.3. The summed E-state index contributed by atoms with van der Waals surface area (Å²) in [5, 5.41) is 10.8. The van der Waals surface area contributed by atoms with Crippen LogP contribution < -0.4 is 5.32 Å². The number of aromatic nitrogens is 3. The number of hydrogen-bond acceptors (Lipinski definition) is 3. The minimum atomic E-state index is -0.676. The molecular formula is C17H26FN5O. The van der Waals surface area contributed by atoms with Gasteiger partial charge in [0.1, 0.15) is 18.8 Å². The van der Waals surface area contributed by atoms with E-state index in [1.165, 1.54) is 19.3 Å². The molecule has 2 amide bonds. The maximum atomic E-state index is 13.3. The van der Waals surface area contributed by atoms with Crippen molar-refractivity contribution in [1.82, 2.24) is 25.0 Å². The number of carbonyl (C=O) groups is 1. The van der Waals surface area contributed by atoms with Gasteiger partial charge in [0.25, 0.3) is 0 Å². The first-order valence-corrected chi connectivity index (χ1v) is 9.14. The molecule has 1 aromatic rings. The van der Waals surface area contributed by atoms with Crippen molar-refractivity contribution in [2.45, 2.75) is 51.2 Å². The van der Waals surface area contributed by atoms with Gasteiger partial charge in [-0.2, -0.15) is 0 Å². The van der Waals surface area contributed by atoms with E-state index in [4.69, 9.17) is 0 Å². The molecule has 3 unspecified atom stereocenters. The van der Waals surface area contributed by atoms with E-state index >= 15 is 0 Å². The molecule has 3 aliphatic rings. The van der Waals surface area contributed by atoms with Crippen molar-refractivity contribution in [1.29, 1.82) is 0 Å². The second-order valence-corrected chi connectivity index (χ2v) is 7.91. The highest BCUT2D eigenvalue weighted by molar-refractivity contribution is 5.74. The maximum Gasteiger partial charge on any atom is 0.317 e. The van der Waals surface area contributed by atoms with Gasteiger partial charge in [-0.25, -0.2) is 9.18 Å². The van der Waals surface area contributed by atoms with Gasteiger partial charge in [-0.15, -0.1) is 10.2 Å². The third-order valence-corrected chi connectivity index (χ3v) is 6.37. The standard InChI is InChI=1S/C17H26FN5O/c18-15-3-2-13(6-15)7-19-16(24)23-9-14(8-22-11-20-21-12-22)17(10-23)4-1-5-17/h11-15H,1-10H2,(H,19,24). The molecule has 1 aliphatic heterocycles. The number of halogens is 1. The molecule has 0 radical (unpaired) electrons. The molecule has 24 heavy (non-hydrogen) atoms. The monoisotopic (exact) mass is 335 g/mol. The Balaban J connectivity index is 1.33. The summed E-state index contributed by atoms with van der Waals surface area (Å²) in [6, 6.07) is 0.0230. The van der Waals surface area contributed by atoms with Gasteiger partial charge in [0.2, 0.25) is 0 Å². The molecule has 2 aliphatic carbocycles. The third kappa shape index (κ3) is 3.00. The number of likely N-dealkylation sites (tertiary alicyclic amines) is 1. The summed E-state index contributed by atoms with van der Waals surface area (Å²) < 4.78 is 15.3. The number of urea groups is 1. The summed E-state index contributed by atoms with van der Waals surface area (Å²) >= 11 is 0. The van der Waals surface area contributed by atoms with Crippen LogP contribution in [0.3, 0.4) is 0 Å². The molecule has 0 bridgehead atoms. The van der Waals surface area contributed by atoms with Crippen LogP contribution in [-0.4, -0.2) is 51.5 Å². The number of amides is 2. The van der Waals surface area contributed by atoms with Crippen LogP contribution in [0.5, 0.6) is 0 Å². The molecule has 0 aromatic carbocycles. The summed E-state index contributed by atoms with van der Waals surface area (Å²) in [6.45, 7) is 3.13. The Morgan fingerprint density at radius 3 is 2.71 bits per heavy atom. The molecule has 1 spiro atoms. The fraction of sp³-hybridized carbons (Fsp3) is 0.824. The van der Waals surface area contributed by atoms with Gasteiger partial charge < -0.3 is 14.8 Å². The van der Waals surface area contributed by atoms with E-state index in [9.17, 15) is 9.18 Å². The van der Waals surface area contributed by atoms with Crippen molar-refractivity contribution in [3.63, 3.8) is 0 Å². The fourth-order valence-electron chi connectivity index (χ4n) is 4.75. The Labute approximate surface area is 141 Å². The summed E-state index contributed by atoms with van der Waals surface area (Å²) in [5.41, 5.74) is 0.277. The average Bonchev–Trinajstić information content (AvgIpc) is 3.24. The Kier molecular flexibility index (Phi) is 4.18. The SMILES string of the molecule is O=C(NCC1CCC(F)C1)N1CC(Cn2cnnc2)C2(CCC2)C1. The molecular weight excluding hydrogens is 309 g/mol. The summed E-state index contributed by atoms with van der Waals surface area (Å²) in [6.07, 6.45) is 8.63. The number of hydrogen-bond donors (Lipinski definition) is 1. The Bertz CT molecular complexity index is 574. The lowest BCUT2D eigenvalue weighted by Crippen LogP contribution is -2.43. The van der Waals surface area contributed by atoms with Crippen LogP contribution in [0, 0.1) is 17.3 Å². The van der Waals surface area contributed by atoms with E-state index in [0.717, 1.165) is 26.1 Å². The van der Waals surface area contributed by atoms with Gasteiger partial charge in [0.05, 0.1) is 0 Å². The molecule has 1 N–H and O–H groups in total. The van der Waals surface area contributed by atoms with Gasteiger partial charge in [0, 0.05) is 32.1 Å². The van der Waals surface area contributed by atoms with Crippen LogP contribution in [0.25, 0.3) is 0 Å². The molecule has 1 saturated heterocycles. The number of nitrogens with zero attached hydrogens (tertiary/aromatic N) is 4. The van der Waals surface area contributed by atoms with E-state index in [0.29, 0.717) is 31.2 Å². The molecule has 6 nitrogen and oxygen atoms in total. The number of carbonyl (C=O) groups excluding carboxylic acids is 1. The van der Waals surface area contributed by atoms with E-state index in [1.54, 1.807) is 12.7 Å². The van der Waals surface area contributed by atoms with Crippen molar-refractivity contribution >= 4 is 6.03 Å². The zero-order valence-corrected chi connectivity index (χ0v) is 14.0. The largest absolute Gasteiger partial charge is 0.338 e. The van der Waals surface area contributed by atoms with Crippen LogP contribution in [-0.2, 0) is 6.54 Å². The number of rotatable bonds is 4. The predicted molar refractivity (Wildman–Crippen MR) is 87.0 cm³/mol. The van der Waals surface area contributed by atoms with E-state index in [-0.39, 0.29) is 11.4 Å². The summed E-state index contributed by atoms with van der Waals surface area (Å²) in [5.74, 6) is 0.770. The van der Waals surface area contributed by atoms with Gasteiger partial charge in [0.15, 0.2) is 0 Å². The zero-order valence-electron chi connectivity index (χ0n) is 14.0. The number of nitrogens with one attached hydrogen (secondary N) is 1. The molecule has 132 valence electrons. The van der Waals surface area contributed by atoms with Crippen molar-refractivity contribution in [3.05, 3.63) is 12.7 Å². The highest BCUT2D eigenvalue weighted by Crippen LogP contribution is 2.52. The van der Waals surface area contributed by atoms with Gasteiger partial charge in [-0.1, -0.05) is 6.42 Å². The molecule has 7 heteroatoms. The normalized spacial score (nSPS) is 31.4.